The Morgan fingerprint density at radius 1 is 1.24 bits per heavy atom. The van der Waals surface area contributed by atoms with E-state index in [1.54, 1.807) is 17.5 Å². The van der Waals surface area contributed by atoms with Gasteiger partial charge in [-0.2, -0.15) is 11.3 Å². The van der Waals surface area contributed by atoms with Crippen LogP contribution in [0.25, 0.3) is 0 Å². The van der Waals surface area contributed by atoms with Crippen molar-refractivity contribution in [2.45, 2.75) is 38.3 Å². The van der Waals surface area contributed by atoms with Gasteiger partial charge in [-0.1, -0.05) is 26.0 Å². The van der Waals surface area contributed by atoms with Crippen molar-refractivity contribution in [2.75, 3.05) is 4.72 Å². The number of sulfonamides is 1. The Morgan fingerprint density at radius 3 is 2.62 bits per heavy atom. The van der Waals surface area contributed by atoms with Gasteiger partial charge in [-0.15, -0.1) is 0 Å². The average molecular weight is 324 g/mol. The van der Waals surface area contributed by atoms with E-state index in [4.69, 9.17) is 0 Å². The summed E-state index contributed by atoms with van der Waals surface area (Å²) in [5, 5.41) is 6.91. The predicted molar refractivity (Wildman–Crippen MR) is 88.3 cm³/mol. The molecule has 4 nitrogen and oxygen atoms in total. The highest BCUT2D eigenvalue weighted by atomic mass is 32.2. The molecule has 2 rings (SSSR count). The van der Waals surface area contributed by atoms with E-state index in [9.17, 15) is 8.42 Å². The molecule has 0 aliphatic rings. The summed E-state index contributed by atoms with van der Waals surface area (Å²) in [4.78, 5) is 0.330. The highest BCUT2D eigenvalue weighted by Crippen LogP contribution is 2.22. The van der Waals surface area contributed by atoms with E-state index in [2.05, 4.69) is 23.9 Å². The van der Waals surface area contributed by atoms with Crippen molar-refractivity contribution >= 4 is 27.0 Å². The monoisotopic (exact) mass is 324 g/mol. The van der Waals surface area contributed by atoms with E-state index < -0.39 is 10.0 Å². The van der Waals surface area contributed by atoms with E-state index in [0.717, 1.165) is 11.1 Å². The lowest BCUT2D eigenvalue weighted by atomic mass is 10.1. The fourth-order valence-electron chi connectivity index (χ4n) is 1.90. The lowest BCUT2D eigenvalue weighted by Crippen LogP contribution is -2.22. The van der Waals surface area contributed by atoms with Crippen molar-refractivity contribution in [1.82, 2.24) is 5.32 Å². The van der Waals surface area contributed by atoms with Crippen molar-refractivity contribution in [3.05, 3.63) is 46.2 Å². The molecule has 0 radical (unpaired) electrons. The van der Waals surface area contributed by atoms with Crippen molar-refractivity contribution in [3.8, 4) is 0 Å². The van der Waals surface area contributed by atoms with Crippen LogP contribution in [-0.4, -0.2) is 14.5 Å². The summed E-state index contributed by atoms with van der Waals surface area (Å²) in [7, 11) is -3.55. The second kappa shape index (κ2) is 6.60. The molecule has 0 fully saturated rings. The Kier molecular flexibility index (Phi) is 5.03. The number of rotatable bonds is 6. The van der Waals surface area contributed by atoms with Gasteiger partial charge in [-0.25, -0.2) is 8.42 Å². The van der Waals surface area contributed by atoms with Crippen LogP contribution in [-0.2, 0) is 16.6 Å². The van der Waals surface area contributed by atoms with Gasteiger partial charge < -0.3 is 5.32 Å². The van der Waals surface area contributed by atoms with Crippen molar-refractivity contribution in [3.63, 3.8) is 0 Å². The molecule has 1 aromatic heterocycles. The molecular formula is C15H20N2O2S2. The zero-order chi connectivity index (χ0) is 15.5. The van der Waals surface area contributed by atoms with Gasteiger partial charge in [0.05, 0.1) is 10.6 Å². The van der Waals surface area contributed by atoms with E-state index >= 15 is 0 Å². The number of thiophene rings is 1. The van der Waals surface area contributed by atoms with E-state index in [0.29, 0.717) is 23.2 Å². The molecule has 21 heavy (non-hydrogen) atoms. The number of hydrogen-bond acceptors (Lipinski definition) is 4. The molecule has 1 aromatic carbocycles. The maximum Gasteiger partial charge on any atom is 0.262 e. The average Bonchev–Trinajstić information content (AvgIpc) is 2.89. The Labute approximate surface area is 130 Å². The predicted octanol–water partition coefficient (Wildman–Crippen LogP) is 3.36. The minimum Gasteiger partial charge on any atom is -0.310 e. The topological polar surface area (TPSA) is 58.2 Å². The van der Waals surface area contributed by atoms with Gasteiger partial charge >= 0.3 is 0 Å². The zero-order valence-electron chi connectivity index (χ0n) is 12.4. The van der Waals surface area contributed by atoms with Crippen LogP contribution in [0.3, 0.4) is 0 Å². The number of nitrogens with one attached hydrogen (secondary N) is 2. The molecule has 0 saturated carbocycles. The highest BCUT2D eigenvalue weighted by Gasteiger charge is 2.17. The summed E-state index contributed by atoms with van der Waals surface area (Å²) in [5.41, 5.74) is 2.30. The number of aryl methyl sites for hydroxylation is 1. The molecule has 0 amide bonds. The lowest BCUT2D eigenvalue weighted by Gasteiger charge is -2.13. The van der Waals surface area contributed by atoms with E-state index in [1.807, 2.05) is 24.4 Å². The standard InChI is InChI=1S/C15H20N2O2S2/c1-11(2)16-9-13-5-4-12(3)15(8-13)21(18,19)17-14-6-7-20-10-14/h4-8,10-11,16-17H,9H2,1-3H3. The normalized spacial score (nSPS) is 11.8. The third-order valence-electron chi connectivity index (χ3n) is 3.03. The molecular weight excluding hydrogens is 304 g/mol. The van der Waals surface area contributed by atoms with Gasteiger partial charge in [-0.05, 0) is 35.6 Å². The van der Waals surface area contributed by atoms with Crippen LogP contribution in [0, 0.1) is 6.92 Å². The summed E-state index contributed by atoms with van der Waals surface area (Å²) in [6.45, 7) is 6.58. The zero-order valence-corrected chi connectivity index (χ0v) is 14.0. The minimum atomic E-state index is -3.55. The third-order valence-corrected chi connectivity index (χ3v) is 5.24. The maximum absolute atomic E-state index is 12.5. The number of anilines is 1. The van der Waals surface area contributed by atoms with Crippen LogP contribution in [0.1, 0.15) is 25.0 Å². The smallest absolute Gasteiger partial charge is 0.262 e. The molecule has 6 heteroatoms. The second-order valence-electron chi connectivity index (χ2n) is 5.25. The molecule has 114 valence electrons. The van der Waals surface area contributed by atoms with Crippen LogP contribution in [0.15, 0.2) is 39.9 Å². The molecule has 0 saturated heterocycles. The van der Waals surface area contributed by atoms with Crippen LogP contribution in [0.2, 0.25) is 0 Å². The first-order valence-electron chi connectivity index (χ1n) is 6.76. The van der Waals surface area contributed by atoms with Crippen molar-refractivity contribution < 1.29 is 8.42 Å². The first-order chi connectivity index (χ1) is 9.88. The Balaban J connectivity index is 2.27. The largest absolute Gasteiger partial charge is 0.310 e. The third kappa shape index (κ3) is 4.30. The molecule has 2 N–H and O–H groups in total. The van der Waals surface area contributed by atoms with E-state index in [-0.39, 0.29) is 0 Å². The maximum atomic E-state index is 12.5. The van der Waals surface area contributed by atoms with Crippen LogP contribution in [0.5, 0.6) is 0 Å². The van der Waals surface area contributed by atoms with Crippen LogP contribution >= 0.6 is 11.3 Å². The second-order valence-corrected chi connectivity index (χ2v) is 7.68. The summed E-state index contributed by atoms with van der Waals surface area (Å²) in [6.07, 6.45) is 0. The number of hydrogen-bond donors (Lipinski definition) is 2. The summed E-state index contributed by atoms with van der Waals surface area (Å²) >= 11 is 1.46. The van der Waals surface area contributed by atoms with Gasteiger partial charge in [0, 0.05) is 18.0 Å². The van der Waals surface area contributed by atoms with Gasteiger partial charge in [-0.3, -0.25) is 4.72 Å². The quantitative estimate of drug-likeness (QED) is 0.856. The van der Waals surface area contributed by atoms with Gasteiger partial charge in [0.25, 0.3) is 10.0 Å². The lowest BCUT2D eigenvalue weighted by molar-refractivity contribution is 0.586. The Hall–Kier alpha value is -1.37. The molecule has 0 spiro atoms. The molecule has 0 bridgehead atoms. The van der Waals surface area contributed by atoms with Gasteiger partial charge in [0.1, 0.15) is 0 Å². The van der Waals surface area contributed by atoms with Crippen LogP contribution in [0.4, 0.5) is 5.69 Å². The summed E-state index contributed by atoms with van der Waals surface area (Å²) in [5.74, 6) is 0. The SMILES string of the molecule is Cc1ccc(CNC(C)C)cc1S(=O)(=O)Nc1ccsc1. The molecule has 0 aliphatic carbocycles. The molecule has 0 aliphatic heterocycles. The summed E-state index contributed by atoms with van der Waals surface area (Å²) < 4.78 is 27.6. The van der Waals surface area contributed by atoms with Crippen molar-refractivity contribution in [1.29, 1.82) is 0 Å². The molecule has 0 atom stereocenters. The fourth-order valence-corrected chi connectivity index (χ4v) is 3.91. The van der Waals surface area contributed by atoms with Crippen molar-refractivity contribution in [2.24, 2.45) is 0 Å². The summed E-state index contributed by atoms with van der Waals surface area (Å²) in [6, 6.07) is 7.64. The Morgan fingerprint density at radius 2 is 2.00 bits per heavy atom. The van der Waals surface area contributed by atoms with E-state index in [1.165, 1.54) is 11.3 Å². The van der Waals surface area contributed by atoms with Gasteiger partial charge in [0.15, 0.2) is 0 Å². The highest BCUT2D eigenvalue weighted by molar-refractivity contribution is 7.92. The fraction of sp³-hybridized carbons (Fsp3) is 0.333. The first kappa shape index (κ1) is 16.0. The molecule has 1 heterocycles. The molecule has 0 unspecified atom stereocenters. The Bertz CT molecular complexity index is 692. The number of benzene rings is 1. The molecule has 2 aromatic rings. The van der Waals surface area contributed by atoms with Crippen LogP contribution < -0.4 is 10.0 Å². The van der Waals surface area contributed by atoms with Gasteiger partial charge in [0.2, 0.25) is 0 Å². The first-order valence-corrected chi connectivity index (χ1v) is 9.19. The minimum absolute atomic E-state index is 0.330.